The Morgan fingerprint density at radius 3 is 2.61 bits per heavy atom. The molecule has 0 radical (unpaired) electrons. The van der Waals surface area contributed by atoms with Gasteiger partial charge in [0.1, 0.15) is 5.82 Å². The Morgan fingerprint density at radius 2 is 1.85 bits per heavy atom. The van der Waals surface area contributed by atoms with Crippen LogP contribution in [0.1, 0.15) is 80.7 Å². The van der Waals surface area contributed by atoms with Crippen molar-refractivity contribution in [2.75, 3.05) is 13.7 Å². The summed E-state index contributed by atoms with van der Waals surface area (Å²) in [6.45, 7) is 1.89. The van der Waals surface area contributed by atoms with E-state index in [2.05, 4.69) is 16.7 Å². The maximum atomic E-state index is 12.2. The van der Waals surface area contributed by atoms with Crippen molar-refractivity contribution >= 4 is 23.1 Å². The summed E-state index contributed by atoms with van der Waals surface area (Å²) < 4.78 is 7.34. The maximum Gasteiger partial charge on any atom is 0.409 e. The SMILES string of the molecule is COC(=O)N1CCc2ccc3c(nc(C4CCCCC4)n3C[C@@H]3CCCC[C@@H]3C(=O)O)c2C1. The number of rotatable bonds is 4. The van der Waals surface area contributed by atoms with Gasteiger partial charge in [-0.15, -0.1) is 0 Å². The zero-order chi connectivity index (χ0) is 22.9. The van der Waals surface area contributed by atoms with E-state index in [9.17, 15) is 14.7 Å². The molecular formula is C26H35N3O4. The summed E-state index contributed by atoms with van der Waals surface area (Å²) in [6.07, 6.45) is 10.4. The number of hydrogen-bond donors (Lipinski definition) is 1. The van der Waals surface area contributed by atoms with Crippen molar-refractivity contribution < 1.29 is 19.4 Å². The molecule has 33 heavy (non-hydrogen) atoms. The number of hydrogen-bond acceptors (Lipinski definition) is 4. The van der Waals surface area contributed by atoms with Gasteiger partial charge in [-0.05, 0) is 49.7 Å². The zero-order valence-corrected chi connectivity index (χ0v) is 19.6. The molecule has 0 unspecified atom stereocenters. The Labute approximate surface area is 195 Å². The second-order valence-electron chi connectivity index (χ2n) is 10.1. The monoisotopic (exact) mass is 453 g/mol. The average molecular weight is 454 g/mol. The number of benzene rings is 1. The molecule has 0 bridgehead atoms. The lowest BCUT2D eigenvalue weighted by Crippen LogP contribution is -2.35. The van der Waals surface area contributed by atoms with Crippen LogP contribution in [0.15, 0.2) is 12.1 Å². The number of amides is 1. The number of carboxylic acids is 1. The largest absolute Gasteiger partial charge is 0.481 e. The third-order valence-corrected chi connectivity index (χ3v) is 8.20. The molecule has 2 aliphatic carbocycles. The van der Waals surface area contributed by atoms with Crippen molar-refractivity contribution in [2.24, 2.45) is 11.8 Å². The lowest BCUT2D eigenvalue weighted by atomic mass is 9.79. The average Bonchev–Trinajstić information content (AvgIpc) is 3.22. The molecule has 0 spiro atoms. The topological polar surface area (TPSA) is 84.7 Å². The van der Waals surface area contributed by atoms with E-state index in [4.69, 9.17) is 9.72 Å². The number of fused-ring (bicyclic) bond motifs is 3. The summed E-state index contributed by atoms with van der Waals surface area (Å²) in [4.78, 5) is 31.2. The molecule has 1 N–H and O–H groups in total. The number of ether oxygens (including phenoxy) is 1. The lowest BCUT2D eigenvalue weighted by Gasteiger charge is -2.31. The minimum atomic E-state index is -0.658. The Bertz CT molecular complexity index is 1040. The zero-order valence-electron chi connectivity index (χ0n) is 19.6. The van der Waals surface area contributed by atoms with Gasteiger partial charge >= 0.3 is 12.1 Å². The Hall–Kier alpha value is -2.57. The third-order valence-electron chi connectivity index (χ3n) is 8.20. The Morgan fingerprint density at radius 1 is 1.09 bits per heavy atom. The van der Waals surface area contributed by atoms with Crippen LogP contribution in [0.2, 0.25) is 0 Å². The molecule has 7 nitrogen and oxygen atoms in total. The van der Waals surface area contributed by atoms with E-state index >= 15 is 0 Å². The van der Waals surface area contributed by atoms with Crippen LogP contribution in [0, 0.1) is 11.8 Å². The number of carbonyl (C=O) groups is 2. The maximum absolute atomic E-state index is 12.2. The van der Waals surface area contributed by atoms with Gasteiger partial charge in [-0.2, -0.15) is 0 Å². The molecule has 1 aromatic carbocycles. The first-order valence-corrected chi connectivity index (χ1v) is 12.6. The van der Waals surface area contributed by atoms with Gasteiger partial charge in [-0.25, -0.2) is 9.78 Å². The van der Waals surface area contributed by atoms with E-state index in [1.54, 1.807) is 4.90 Å². The molecule has 2 saturated carbocycles. The summed E-state index contributed by atoms with van der Waals surface area (Å²) in [5, 5.41) is 9.86. The highest BCUT2D eigenvalue weighted by Crippen LogP contribution is 2.39. The highest BCUT2D eigenvalue weighted by atomic mass is 16.5. The molecule has 1 amide bonds. The van der Waals surface area contributed by atoms with Gasteiger partial charge in [-0.1, -0.05) is 38.2 Å². The van der Waals surface area contributed by atoms with E-state index in [-0.39, 0.29) is 17.9 Å². The van der Waals surface area contributed by atoms with Gasteiger partial charge in [0.25, 0.3) is 0 Å². The predicted octanol–water partition coefficient (Wildman–Crippen LogP) is 5.10. The van der Waals surface area contributed by atoms with E-state index in [1.807, 2.05) is 0 Å². The van der Waals surface area contributed by atoms with Gasteiger partial charge in [0.15, 0.2) is 0 Å². The second-order valence-corrected chi connectivity index (χ2v) is 10.1. The molecule has 0 saturated heterocycles. The first-order valence-electron chi connectivity index (χ1n) is 12.6. The highest BCUT2D eigenvalue weighted by Gasteiger charge is 2.34. The molecule has 3 aliphatic rings. The minimum Gasteiger partial charge on any atom is -0.481 e. The van der Waals surface area contributed by atoms with Crippen LogP contribution >= 0.6 is 0 Å². The van der Waals surface area contributed by atoms with Crippen molar-refractivity contribution in [1.29, 1.82) is 0 Å². The van der Waals surface area contributed by atoms with Gasteiger partial charge < -0.3 is 19.3 Å². The van der Waals surface area contributed by atoms with Crippen LogP contribution in [-0.4, -0.2) is 45.3 Å². The summed E-state index contributed by atoms with van der Waals surface area (Å²) in [5.74, 6) is 0.757. The summed E-state index contributed by atoms with van der Waals surface area (Å²) in [6, 6.07) is 4.37. The second kappa shape index (κ2) is 9.35. The highest BCUT2D eigenvalue weighted by molar-refractivity contribution is 5.82. The van der Waals surface area contributed by atoms with E-state index < -0.39 is 5.97 Å². The van der Waals surface area contributed by atoms with E-state index in [1.165, 1.54) is 31.9 Å². The fourth-order valence-electron chi connectivity index (χ4n) is 6.38. The number of nitrogens with zero attached hydrogens (tertiary/aromatic N) is 3. The molecule has 2 heterocycles. The third kappa shape index (κ3) is 4.22. The van der Waals surface area contributed by atoms with E-state index in [0.717, 1.165) is 73.9 Å². The van der Waals surface area contributed by atoms with Gasteiger partial charge in [0, 0.05) is 24.6 Å². The first kappa shape index (κ1) is 22.2. The summed E-state index contributed by atoms with van der Waals surface area (Å²) >= 11 is 0. The standard InChI is InChI=1S/C26H35N3O4/c1-33-26(32)28-14-13-17-11-12-22-23(21(17)16-28)27-24(18-7-3-2-4-8-18)29(22)15-19-9-5-6-10-20(19)25(30)31/h11-12,18-20H,2-10,13-16H2,1H3,(H,30,31)/t19-,20-/m0/s1. The van der Waals surface area contributed by atoms with Crippen LogP contribution in [0.5, 0.6) is 0 Å². The number of aliphatic carboxylic acids is 1. The quantitative estimate of drug-likeness (QED) is 0.696. The van der Waals surface area contributed by atoms with Crippen molar-refractivity contribution in [1.82, 2.24) is 14.5 Å². The number of carbonyl (C=O) groups excluding carboxylic acids is 1. The van der Waals surface area contributed by atoms with Gasteiger partial charge in [0.2, 0.25) is 0 Å². The molecule has 2 atom stereocenters. The molecule has 2 fully saturated rings. The van der Waals surface area contributed by atoms with Crippen LogP contribution < -0.4 is 0 Å². The van der Waals surface area contributed by atoms with Crippen LogP contribution in [0.25, 0.3) is 11.0 Å². The summed E-state index contributed by atoms with van der Waals surface area (Å²) in [5.41, 5.74) is 4.46. The number of aromatic nitrogens is 2. The molecule has 2 aromatic rings. The van der Waals surface area contributed by atoms with Gasteiger partial charge in [-0.3, -0.25) is 4.79 Å². The smallest absolute Gasteiger partial charge is 0.409 e. The molecule has 178 valence electrons. The normalized spacial score (nSPS) is 24.0. The van der Waals surface area contributed by atoms with Crippen molar-refractivity contribution in [3.05, 3.63) is 29.1 Å². The molecule has 5 rings (SSSR count). The fourth-order valence-corrected chi connectivity index (χ4v) is 6.38. The molecule has 1 aliphatic heterocycles. The van der Waals surface area contributed by atoms with Crippen molar-refractivity contribution in [3.8, 4) is 0 Å². The molecule has 7 heteroatoms. The van der Waals surface area contributed by atoms with Crippen LogP contribution in [-0.2, 0) is 29.0 Å². The van der Waals surface area contributed by atoms with Crippen LogP contribution in [0.4, 0.5) is 4.79 Å². The van der Waals surface area contributed by atoms with Crippen LogP contribution in [0.3, 0.4) is 0 Å². The number of carboxylic acid groups (broad SMARTS) is 1. The Kier molecular flexibility index (Phi) is 6.30. The fraction of sp³-hybridized carbons (Fsp3) is 0.654. The van der Waals surface area contributed by atoms with E-state index in [0.29, 0.717) is 19.0 Å². The number of imidazole rings is 1. The lowest BCUT2D eigenvalue weighted by molar-refractivity contribution is -0.145. The number of methoxy groups -OCH3 is 1. The Balaban J connectivity index is 1.57. The molecule has 1 aromatic heterocycles. The molecular weight excluding hydrogens is 418 g/mol. The predicted molar refractivity (Wildman–Crippen MR) is 125 cm³/mol. The van der Waals surface area contributed by atoms with Gasteiger partial charge in [0.05, 0.1) is 30.6 Å². The first-order chi connectivity index (χ1) is 16.1. The summed E-state index contributed by atoms with van der Waals surface area (Å²) in [7, 11) is 1.43. The van der Waals surface area contributed by atoms with Crippen molar-refractivity contribution in [3.63, 3.8) is 0 Å². The van der Waals surface area contributed by atoms with Crippen molar-refractivity contribution in [2.45, 2.75) is 83.2 Å². The minimum absolute atomic E-state index is 0.138.